The Morgan fingerprint density at radius 3 is 3.00 bits per heavy atom. The van der Waals surface area contributed by atoms with E-state index in [1.165, 1.54) is 5.56 Å². The lowest BCUT2D eigenvalue weighted by atomic mass is 9.88. The summed E-state index contributed by atoms with van der Waals surface area (Å²) >= 11 is 0. The van der Waals surface area contributed by atoms with E-state index in [0.29, 0.717) is 6.04 Å². The largest absolute Gasteiger partial charge is 0.387 e. The number of hydrogen-bond acceptors (Lipinski definition) is 4. The lowest BCUT2D eigenvalue weighted by Gasteiger charge is -2.23. The summed E-state index contributed by atoms with van der Waals surface area (Å²) in [5.74, 6) is 0.274. The average Bonchev–Trinajstić information content (AvgIpc) is 2.90. The van der Waals surface area contributed by atoms with Crippen molar-refractivity contribution in [3.05, 3.63) is 35.9 Å². The zero-order valence-corrected chi connectivity index (χ0v) is 10.9. The molecule has 0 saturated heterocycles. The highest BCUT2D eigenvalue weighted by molar-refractivity contribution is 5.93. The number of benzene rings is 1. The number of aliphatic hydroxyl groups is 1. The third kappa shape index (κ3) is 2.68. The molecule has 2 heterocycles. The Morgan fingerprint density at radius 2 is 2.16 bits per heavy atom. The smallest absolute Gasteiger partial charge is 0.0946 e. The van der Waals surface area contributed by atoms with Gasteiger partial charge in [-0.1, -0.05) is 30.3 Å². The SMILES string of the molecule is OC(CCc1ccccc1)C1=NNC2CC=NCC12. The second-order valence-electron chi connectivity index (χ2n) is 5.20. The maximum Gasteiger partial charge on any atom is 0.0946 e. The van der Waals surface area contributed by atoms with Crippen molar-refractivity contribution in [2.24, 2.45) is 16.0 Å². The number of nitrogens with one attached hydrogen (secondary N) is 1. The van der Waals surface area contributed by atoms with Gasteiger partial charge in [-0.2, -0.15) is 5.10 Å². The molecule has 100 valence electrons. The maximum atomic E-state index is 10.3. The molecule has 3 unspecified atom stereocenters. The van der Waals surface area contributed by atoms with Crippen molar-refractivity contribution in [2.75, 3.05) is 6.54 Å². The normalized spacial score (nSPS) is 26.5. The molecule has 0 bridgehead atoms. The number of fused-ring (bicyclic) bond motifs is 1. The molecular formula is C15H19N3O. The van der Waals surface area contributed by atoms with Crippen LogP contribution in [0.5, 0.6) is 0 Å². The fraction of sp³-hybridized carbons (Fsp3) is 0.467. The molecule has 0 fully saturated rings. The third-order valence-electron chi connectivity index (χ3n) is 3.91. The van der Waals surface area contributed by atoms with Crippen molar-refractivity contribution in [3.8, 4) is 0 Å². The van der Waals surface area contributed by atoms with Crippen LogP contribution < -0.4 is 5.43 Å². The molecule has 3 rings (SSSR count). The molecule has 4 heteroatoms. The molecule has 0 radical (unpaired) electrons. The summed E-state index contributed by atoms with van der Waals surface area (Å²) in [6.07, 6.45) is 3.99. The fourth-order valence-corrected chi connectivity index (χ4v) is 2.77. The zero-order chi connectivity index (χ0) is 13.1. The van der Waals surface area contributed by atoms with E-state index in [1.807, 2.05) is 24.4 Å². The Hall–Kier alpha value is -1.68. The van der Waals surface area contributed by atoms with Gasteiger partial charge in [0.2, 0.25) is 0 Å². The van der Waals surface area contributed by atoms with Gasteiger partial charge in [0, 0.05) is 25.1 Å². The number of aliphatic imine (C=N–C) groups is 1. The molecule has 1 aromatic rings. The van der Waals surface area contributed by atoms with Crippen LogP contribution in [0.3, 0.4) is 0 Å². The van der Waals surface area contributed by atoms with Crippen molar-refractivity contribution in [3.63, 3.8) is 0 Å². The minimum Gasteiger partial charge on any atom is -0.387 e. The predicted octanol–water partition coefficient (Wildman–Crippen LogP) is 1.40. The first-order valence-electron chi connectivity index (χ1n) is 6.88. The van der Waals surface area contributed by atoms with Crippen LogP contribution in [0.1, 0.15) is 18.4 Å². The molecule has 2 aliphatic rings. The second-order valence-corrected chi connectivity index (χ2v) is 5.20. The molecule has 1 aromatic carbocycles. The first-order valence-corrected chi connectivity index (χ1v) is 6.88. The highest BCUT2D eigenvalue weighted by Crippen LogP contribution is 2.22. The van der Waals surface area contributed by atoms with E-state index in [1.54, 1.807) is 0 Å². The number of hydrazone groups is 1. The van der Waals surface area contributed by atoms with Gasteiger partial charge in [-0.25, -0.2) is 0 Å². The Morgan fingerprint density at radius 1 is 1.32 bits per heavy atom. The highest BCUT2D eigenvalue weighted by Gasteiger charge is 2.35. The van der Waals surface area contributed by atoms with Crippen LogP contribution >= 0.6 is 0 Å². The standard InChI is InChI=1S/C15H19N3O/c19-14(7-6-11-4-2-1-3-5-11)15-12-10-16-9-8-13(12)17-18-15/h1-5,9,12-14,17,19H,6-8,10H2. The Labute approximate surface area is 113 Å². The summed E-state index contributed by atoms with van der Waals surface area (Å²) < 4.78 is 0. The van der Waals surface area contributed by atoms with Gasteiger partial charge in [0.05, 0.1) is 17.9 Å². The molecule has 0 saturated carbocycles. The van der Waals surface area contributed by atoms with E-state index < -0.39 is 6.10 Å². The van der Waals surface area contributed by atoms with Crippen LogP contribution in [0.25, 0.3) is 0 Å². The molecule has 0 amide bonds. The molecule has 3 atom stereocenters. The fourth-order valence-electron chi connectivity index (χ4n) is 2.77. The van der Waals surface area contributed by atoms with Crippen molar-refractivity contribution < 1.29 is 5.11 Å². The number of rotatable bonds is 4. The van der Waals surface area contributed by atoms with Crippen LogP contribution in [0.4, 0.5) is 0 Å². The summed E-state index contributed by atoms with van der Waals surface area (Å²) in [7, 11) is 0. The molecule has 4 nitrogen and oxygen atoms in total. The van der Waals surface area contributed by atoms with Gasteiger partial charge >= 0.3 is 0 Å². The summed E-state index contributed by atoms with van der Waals surface area (Å²) in [6.45, 7) is 0.749. The van der Waals surface area contributed by atoms with E-state index in [4.69, 9.17) is 0 Å². The zero-order valence-electron chi connectivity index (χ0n) is 10.9. The lowest BCUT2D eigenvalue weighted by molar-refractivity contribution is 0.225. The second kappa shape index (κ2) is 5.53. The van der Waals surface area contributed by atoms with Crippen molar-refractivity contribution in [1.29, 1.82) is 0 Å². The minimum atomic E-state index is -0.462. The van der Waals surface area contributed by atoms with Crippen molar-refractivity contribution >= 4 is 11.9 Å². The molecule has 0 aliphatic carbocycles. The van der Waals surface area contributed by atoms with E-state index in [0.717, 1.165) is 31.5 Å². The van der Waals surface area contributed by atoms with Gasteiger partial charge in [-0.05, 0) is 18.4 Å². The van der Waals surface area contributed by atoms with Gasteiger partial charge in [0.15, 0.2) is 0 Å². The first kappa shape index (κ1) is 12.4. The number of nitrogens with zero attached hydrogens (tertiary/aromatic N) is 2. The van der Waals surface area contributed by atoms with Gasteiger partial charge in [0.25, 0.3) is 0 Å². The average molecular weight is 257 g/mol. The summed E-state index contributed by atoms with van der Waals surface area (Å²) in [5.41, 5.74) is 5.27. The molecular weight excluding hydrogens is 238 g/mol. The maximum absolute atomic E-state index is 10.3. The Kier molecular flexibility index (Phi) is 3.60. The van der Waals surface area contributed by atoms with E-state index in [-0.39, 0.29) is 5.92 Å². The minimum absolute atomic E-state index is 0.274. The molecule has 2 aliphatic heterocycles. The predicted molar refractivity (Wildman–Crippen MR) is 76.6 cm³/mol. The highest BCUT2D eigenvalue weighted by atomic mass is 16.3. The van der Waals surface area contributed by atoms with Crippen molar-refractivity contribution in [2.45, 2.75) is 31.4 Å². The van der Waals surface area contributed by atoms with Gasteiger partial charge in [-0.15, -0.1) is 0 Å². The van der Waals surface area contributed by atoms with Crippen LogP contribution in [-0.4, -0.2) is 35.7 Å². The molecule has 0 aromatic heterocycles. The number of aryl methyl sites for hydroxylation is 1. The Balaban J connectivity index is 1.59. The molecule has 19 heavy (non-hydrogen) atoms. The monoisotopic (exact) mass is 257 g/mol. The van der Waals surface area contributed by atoms with Gasteiger partial charge < -0.3 is 10.5 Å². The van der Waals surface area contributed by atoms with Crippen LogP contribution in [-0.2, 0) is 6.42 Å². The summed E-state index contributed by atoms with van der Waals surface area (Å²) in [5, 5.41) is 14.7. The molecule has 0 spiro atoms. The summed E-state index contributed by atoms with van der Waals surface area (Å²) in [4.78, 5) is 4.31. The van der Waals surface area contributed by atoms with Gasteiger partial charge in [-0.3, -0.25) is 4.99 Å². The van der Waals surface area contributed by atoms with Crippen LogP contribution in [0.15, 0.2) is 40.4 Å². The van der Waals surface area contributed by atoms with Gasteiger partial charge in [0.1, 0.15) is 0 Å². The topological polar surface area (TPSA) is 57.0 Å². The third-order valence-corrected chi connectivity index (χ3v) is 3.91. The van der Waals surface area contributed by atoms with Crippen LogP contribution in [0, 0.1) is 5.92 Å². The Bertz CT molecular complexity index is 483. The summed E-state index contributed by atoms with van der Waals surface area (Å²) in [6, 6.07) is 10.6. The van der Waals surface area contributed by atoms with E-state index >= 15 is 0 Å². The molecule has 2 N–H and O–H groups in total. The first-order chi connectivity index (χ1) is 9.34. The number of hydrogen-bond donors (Lipinski definition) is 2. The quantitative estimate of drug-likeness (QED) is 0.856. The van der Waals surface area contributed by atoms with Crippen molar-refractivity contribution in [1.82, 2.24) is 5.43 Å². The van der Waals surface area contributed by atoms with Crippen LogP contribution in [0.2, 0.25) is 0 Å². The number of aliphatic hydroxyl groups excluding tert-OH is 1. The van der Waals surface area contributed by atoms with E-state index in [9.17, 15) is 5.11 Å². The van der Waals surface area contributed by atoms with E-state index in [2.05, 4.69) is 27.7 Å². The lowest BCUT2D eigenvalue weighted by Crippen LogP contribution is -2.38.